The molecule has 0 aliphatic carbocycles. The molecule has 26 heavy (non-hydrogen) atoms. The highest BCUT2D eigenvalue weighted by atomic mass is 16.5. The number of aryl methyl sites for hydroxylation is 3. The van der Waals surface area contributed by atoms with Crippen molar-refractivity contribution in [2.45, 2.75) is 39.0 Å². The molecule has 0 bridgehead atoms. The number of rotatable bonds is 4. The number of hydrogen-bond acceptors (Lipinski definition) is 2. The van der Waals surface area contributed by atoms with Crippen LogP contribution in [0.4, 0.5) is 10.5 Å². The minimum absolute atomic E-state index is 0.0639. The van der Waals surface area contributed by atoms with E-state index in [9.17, 15) is 4.79 Å². The summed E-state index contributed by atoms with van der Waals surface area (Å²) in [7, 11) is 0. The summed E-state index contributed by atoms with van der Waals surface area (Å²) >= 11 is 0. The number of nitrogens with one attached hydrogen (secondary N) is 2. The van der Waals surface area contributed by atoms with E-state index >= 15 is 0 Å². The normalized spacial score (nSPS) is 16.1. The number of anilines is 1. The molecule has 2 N–H and O–H groups in total. The van der Waals surface area contributed by atoms with Gasteiger partial charge in [-0.1, -0.05) is 47.5 Å². The fourth-order valence-electron chi connectivity index (χ4n) is 3.61. The molecule has 0 radical (unpaired) electrons. The number of ether oxygens (including phenoxy) is 1. The standard InChI is InChI=1S/C22H28N2O2/c1-16-4-7-19(8-5-16)22(10-12-26-13-11-22)15-23-21(25)24-20-9-6-17(2)14-18(20)3/h4-9,14H,10-13,15H2,1-3H3,(H2,23,24,25). The van der Waals surface area contributed by atoms with Gasteiger partial charge < -0.3 is 15.4 Å². The quantitative estimate of drug-likeness (QED) is 0.852. The number of carbonyl (C=O) groups excluding carboxylic acids is 1. The average molecular weight is 352 g/mol. The Balaban J connectivity index is 1.69. The van der Waals surface area contributed by atoms with Gasteiger partial charge in [-0.15, -0.1) is 0 Å². The molecule has 1 fully saturated rings. The van der Waals surface area contributed by atoms with Gasteiger partial charge in [-0.3, -0.25) is 0 Å². The van der Waals surface area contributed by atoms with Crippen molar-refractivity contribution < 1.29 is 9.53 Å². The molecule has 0 saturated carbocycles. The number of carbonyl (C=O) groups is 1. The molecule has 2 aromatic rings. The third kappa shape index (κ3) is 4.25. The summed E-state index contributed by atoms with van der Waals surface area (Å²) in [6, 6.07) is 14.5. The molecule has 1 aliphatic heterocycles. The van der Waals surface area contributed by atoms with Gasteiger partial charge in [0.2, 0.25) is 0 Å². The predicted octanol–water partition coefficient (Wildman–Crippen LogP) is 4.48. The Morgan fingerprint density at radius 1 is 1.00 bits per heavy atom. The number of hydrogen-bond donors (Lipinski definition) is 2. The summed E-state index contributed by atoms with van der Waals surface area (Å²) in [5, 5.41) is 6.06. The molecule has 0 atom stereocenters. The third-order valence-electron chi connectivity index (χ3n) is 5.33. The fourth-order valence-corrected chi connectivity index (χ4v) is 3.61. The molecular weight excluding hydrogens is 324 g/mol. The Bertz CT molecular complexity index is 762. The zero-order chi connectivity index (χ0) is 18.6. The van der Waals surface area contributed by atoms with E-state index in [1.54, 1.807) is 0 Å². The maximum atomic E-state index is 12.5. The average Bonchev–Trinajstić information content (AvgIpc) is 2.64. The fraction of sp³-hybridized carbons (Fsp3) is 0.409. The van der Waals surface area contributed by atoms with Crippen LogP contribution in [0.3, 0.4) is 0 Å². The second kappa shape index (κ2) is 7.92. The van der Waals surface area contributed by atoms with E-state index in [0.717, 1.165) is 37.3 Å². The van der Waals surface area contributed by atoms with E-state index in [1.807, 2.05) is 26.0 Å². The van der Waals surface area contributed by atoms with Crippen LogP contribution in [0.25, 0.3) is 0 Å². The van der Waals surface area contributed by atoms with E-state index in [4.69, 9.17) is 4.74 Å². The van der Waals surface area contributed by atoms with Crippen LogP contribution in [0.5, 0.6) is 0 Å². The highest BCUT2D eigenvalue weighted by molar-refractivity contribution is 5.90. The molecule has 1 aliphatic rings. The maximum Gasteiger partial charge on any atom is 0.319 e. The summed E-state index contributed by atoms with van der Waals surface area (Å²) in [4.78, 5) is 12.5. The zero-order valence-electron chi connectivity index (χ0n) is 15.9. The van der Waals surface area contributed by atoms with E-state index in [2.05, 4.69) is 47.9 Å². The van der Waals surface area contributed by atoms with Crippen LogP contribution >= 0.6 is 0 Å². The number of benzene rings is 2. The highest BCUT2D eigenvalue weighted by Gasteiger charge is 2.34. The van der Waals surface area contributed by atoms with E-state index in [-0.39, 0.29) is 11.4 Å². The third-order valence-corrected chi connectivity index (χ3v) is 5.33. The molecule has 0 aromatic heterocycles. The summed E-state index contributed by atoms with van der Waals surface area (Å²) in [5.74, 6) is 0. The van der Waals surface area contributed by atoms with Gasteiger partial charge in [-0.25, -0.2) is 4.79 Å². The Kier molecular flexibility index (Phi) is 5.62. The Morgan fingerprint density at radius 3 is 2.31 bits per heavy atom. The first-order valence-electron chi connectivity index (χ1n) is 9.26. The SMILES string of the molecule is Cc1ccc(C2(CNC(=O)Nc3ccc(C)cc3C)CCOCC2)cc1. The monoisotopic (exact) mass is 352 g/mol. The number of urea groups is 1. The molecule has 138 valence electrons. The Morgan fingerprint density at radius 2 is 1.65 bits per heavy atom. The minimum atomic E-state index is -0.157. The topological polar surface area (TPSA) is 50.4 Å². The predicted molar refractivity (Wildman–Crippen MR) is 106 cm³/mol. The van der Waals surface area contributed by atoms with E-state index < -0.39 is 0 Å². The summed E-state index contributed by atoms with van der Waals surface area (Å²) in [5.41, 5.74) is 5.57. The Labute approximate surface area is 156 Å². The van der Waals surface area contributed by atoms with Crippen molar-refractivity contribution >= 4 is 11.7 Å². The van der Waals surface area contributed by atoms with Gasteiger partial charge in [0, 0.05) is 30.9 Å². The second-order valence-corrected chi connectivity index (χ2v) is 7.38. The van der Waals surface area contributed by atoms with E-state index in [0.29, 0.717) is 6.54 Å². The molecule has 1 heterocycles. The van der Waals surface area contributed by atoms with Gasteiger partial charge in [-0.2, -0.15) is 0 Å². The molecule has 2 amide bonds. The van der Waals surface area contributed by atoms with Gasteiger partial charge in [-0.05, 0) is 50.8 Å². The van der Waals surface area contributed by atoms with Crippen molar-refractivity contribution in [1.29, 1.82) is 0 Å². The van der Waals surface area contributed by atoms with Crippen LogP contribution in [0.2, 0.25) is 0 Å². The van der Waals surface area contributed by atoms with Gasteiger partial charge in [0.05, 0.1) is 0 Å². The smallest absolute Gasteiger partial charge is 0.319 e. The molecule has 0 unspecified atom stereocenters. The lowest BCUT2D eigenvalue weighted by Gasteiger charge is -2.38. The first-order chi connectivity index (χ1) is 12.5. The number of amides is 2. The molecule has 4 nitrogen and oxygen atoms in total. The lowest BCUT2D eigenvalue weighted by atomic mass is 9.74. The zero-order valence-corrected chi connectivity index (χ0v) is 15.9. The van der Waals surface area contributed by atoms with Gasteiger partial charge in [0.25, 0.3) is 0 Å². The van der Waals surface area contributed by atoms with Crippen molar-refractivity contribution in [3.8, 4) is 0 Å². The molecule has 4 heteroatoms. The van der Waals surface area contributed by atoms with Crippen molar-refractivity contribution in [3.05, 3.63) is 64.7 Å². The van der Waals surface area contributed by atoms with Crippen LogP contribution in [-0.2, 0) is 10.2 Å². The lowest BCUT2D eigenvalue weighted by molar-refractivity contribution is 0.0508. The Hall–Kier alpha value is -2.33. The summed E-state index contributed by atoms with van der Waals surface area (Å²) in [6.07, 6.45) is 1.83. The summed E-state index contributed by atoms with van der Waals surface area (Å²) < 4.78 is 5.57. The van der Waals surface area contributed by atoms with Gasteiger partial charge >= 0.3 is 6.03 Å². The van der Waals surface area contributed by atoms with Crippen molar-refractivity contribution in [1.82, 2.24) is 5.32 Å². The highest BCUT2D eigenvalue weighted by Crippen LogP contribution is 2.34. The molecule has 3 rings (SSSR count). The van der Waals surface area contributed by atoms with Gasteiger partial charge in [0.15, 0.2) is 0 Å². The van der Waals surface area contributed by atoms with Crippen molar-refractivity contribution in [2.75, 3.05) is 25.1 Å². The first kappa shape index (κ1) is 18.5. The van der Waals surface area contributed by atoms with Crippen molar-refractivity contribution in [2.24, 2.45) is 0 Å². The van der Waals surface area contributed by atoms with Crippen LogP contribution in [0, 0.1) is 20.8 Å². The van der Waals surface area contributed by atoms with Crippen molar-refractivity contribution in [3.63, 3.8) is 0 Å². The second-order valence-electron chi connectivity index (χ2n) is 7.38. The maximum absolute atomic E-state index is 12.5. The van der Waals surface area contributed by atoms with Gasteiger partial charge in [0.1, 0.15) is 0 Å². The molecule has 0 spiro atoms. The van der Waals surface area contributed by atoms with Crippen LogP contribution in [0.1, 0.15) is 35.1 Å². The van der Waals surface area contributed by atoms with Crippen LogP contribution in [0.15, 0.2) is 42.5 Å². The first-order valence-corrected chi connectivity index (χ1v) is 9.26. The molecule has 2 aromatic carbocycles. The molecule has 1 saturated heterocycles. The molecular formula is C22H28N2O2. The largest absolute Gasteiger partial charge is 0.381 e. The van der Waals surface area contributed by atoms with Crippen LogP contribution < -0.4 is 10.6 Å². The summed E-state index contributed by atoms with van der Waals surface area (Å²) in [6.45, 7) is 8.22. The lowest BCUT2D eigenvalue weighted by Crippen LogP contribution is -2.45. The minimum Gasteiger partial charge on any atom is -0.381 e. The van der Waals surface area contributed by atoms with Crippen LogP contribution in [-0.4, -0.2) is 25.8 Å². The van der Waals surface area contributed by atoms with E-state index in [1.165, 1.54) is 16.7 Å².